The Kier molecular flexibility index (Phi) is 6.69. The minimum absolute atomic E-state index is 0.147. The second kappa shape index (κ2) is 9.19. The van der Waals surface area contributed by atoms with Crippen molar-refractivity contribution in [3.8, 4) is 0 Å². The molecule has 0 unspecified atom stereocenters. The molecule has 1 aromatic carbocycles. The molecule has 0 N–H and O–H groups in total. The monoisotopic (exact) mass is 358 g/mol. The first-order valence-corrected chi connectivity index (χ1v) is 9.63. The molecule has 3 rings (SSSR count). The standard InChI is InChI=1S/C21H30N2O3/c1-17-14-22(15-18(2)26-17)12-6-10-20-11-7-13-23(20)21(24)25-16-19-8-4-3-5-9-19/h3-6,8-10,17-18,20H,7,11-16H2,1-2H3/b10-6+/t17-,18+,20-/m1/s1. The molecule has 26 heavy (non-hydrogen) atoms. The summed E-state index contributed by atoms with van der Waals surface area (Å²) in [5.74, 6) is 0. The first-order valence-electron chi connectivity index (χ1n) is 9.63. The number of morpholine rings is 1. The Balaban J connectivity index is 1.47. The summed E-state index contributed by atoms with van der Waals surface area (Å²) in [5, 5.41) is 0. The van der Waals surface area contributed by atoms with Crippen LogP contribution in [0, 0.1) is 0 Å². The fourth-order valence-corrected chi connectivity index (χ4v) is 3.82. The van der Waals surface area contributed by atoms with E-state index in [0.717, 1.165) is 44.6 Å². The van der Waals surface area contributed by atoms with Gasteiger partial charge >= 0.3 is 6.09 Å². The highest BCUT2D eigenvalue weighted by atomic mass is 16.6. The van der Waals surface area contributed by atoms with E-state index in [4.69, 9.17) is 9.47 Å². The third kappa shape index (κ3) is 5.32. The molecule has 1 aromatic rings. The van der Waals surface area contributed by atoms with E-state index in [0.29, 0.717) is 6.61 Å². The number of rotatable bonds is 5. The first kappa shape index (κ1) is 18.9. The maximum atomic E-state index is 12.4. The van der Waals surface area contributed by atoms with Crippen LogP contribution in [0.15, 0.2) is 42.5 Å². The number of benzene rings is 1. The third-order valence-electron chi connectivity index (χ3n) is 4.96. The largest absolute Gasteiger partial charge is 0.445 e. The molecule has 2 aliphatic rings. The van der Waals surface area contributed by atoms with Gasteiger partial charge in [0.05, 0.1) is 18.2 Å². The zero-order valence-electron chi connectivity index (χ0n) is 15.8. The average Bonchev–Trinajstić information content (AvgIpc) is 3.08. The van der Waals surface area contributed by atoms with E-state index in [2.05, 4.69) is 30.9 Å². The number of nitrogens with zero attached hydrogens (tertiary/aromatic N) is 2. The normalized spacial score (nSPS) is 27.2. The SMILES string of the molecule is C[C@@H]1CN(C/C=C/[C@@H]2CCCN2C(=O)OCc2ccccc2)C[C@H](C)O1. The van der Waals surface area contributed by atoms with Gasteiger partial charge in [-0.15, -0.1) is 0 Å². The second-order valence-electron chi connectivity index (χ2n) is 7.35. The van der Waals surface area contributed by atoms with Crippen LogP contribution >= 0.6 is 0 Å². The molecule has 2 heterocycles. The molecular formula is C21H30N2O3. The van der Waals surface area contributed by atoms with Gasteiger partial charge in [-0.25, -0.2) is 4.79 Å². The minimum atomic E-state index is -0.213. The topological polar surface area (TPSA) is 42.0 Å². The molecule has 0 aliphatic carbocycles. The third-order valence-corrected chi connectivity index (χ3v) is 4.96. The zero-order valence-corrected chi connectivity index (χ0v) is 15.8. The molecule has 5 heteroatoms. The Hall–Kier alpha value is -1.85. The van der Waals surface area contributed by atoms with Gasteiger partial charge in [-0.1, -0.05) is 42.5 Å². The summed E-state index contributed by atoms with van der Waals surface area (Å²) in [4.78, 5) is 16.7. The van der Waals surface area contributed by atoms with Crippen molar-refractivity contribution in [2.24, 2.45) is 0 Å². The van der Waals surface area contributed by atoms with Crippen LogP contribution in [0.25, 0.3) is 0 Å². The van der Waals surface area contributed by atoms with Crippen molar-refractivity contribution < 1.29 is 14.3 Å². The highest BCUT2D eigenvalue weighted by molar-refractivity contribution is 5.68. The predicted octanol–water partition coefficient (Wildman–Crippen LogP) is 3.45. The van der Waals surface area contributed by atoms with Gasteiger partial charge in [0.1, 0.15) is 6.61 Å². The Morgan fingerprint density at radius 2 is 1.96 bits per heavy atom. The van der Waals surface area contributed by atoms with Gasteiger partial charge in [0.2, 0.25) is 0 Å². The minimum Gasteiger partial charge on any atom is -0.445 e. The number of carbonyl (C=O) groups excluding carboxylic acids is 1. The van der Waals surface area contributed by atoms with Gasteiger partial charge in [-0.2, -0.15) is 0 Å². The number of carbonyl (C=O) groups is 1. The molecular weight excluding hydrogens is 328 g/mol. The number of amides is 1. The smallest absolute Gasteiger partial charge is 0.410 e. The van der Waals surface area contributed by atoms with Crippen molar-refractivity contribution in [1.82, 2.24) is 9.80 Å². The lowest BCUT2D eigenvalue weighted by molar-refractivity contribution is -0.0646. The maximum absolute atomic E-state index is 12.4. The molecule has 0 bridgehead atoms. The van der Waals surface area contributed by atoms with Crippen LogP contribution in [0.3, 0.4) is 0 Å². The van der Waals surface area contributed by atoms with Crippen molar-refractivity contribution >= 4 is 6.09 Å². The van der Waals surface area contributed by atoms with Crippen LogP contribution in [0.4, 0.5) is 4.79 Å². The number of hydrogen-bond acceptors (Lipinski definition) is 4. The molecule has 0 radical (unpaired) electrons. The van der Waals surface area contributed by atoms with Crippen LogP contribution in [0.2, 0.25) is 0 Å². The summed E-state index contributed by atoms with van der Waals surface area (Å²) >= 11 is 0. The molecule has 3 atom stereocenters. The van der Waals surface area contributed by atoms with Crippen molar-refractivity contribution in [3.63, 3.8) is 0 Å². The predicted molar refractivity (Wildman–Crippen MR) is 102 cm³/mol. The molecule has 5 nitrogen and oxygen atoms in total. The number of likely N-dealkylation sites (tertiary alicyclic amines) is 1. The number of hydrogen-bond donors (Lipinski definition) is 0. The molecule has 2 aliphatic heterocycles. The van der Waals surface area contributed by atoms with Gasteiger partial charge < -0.3 is 14.4 Å². The highest BCUT2D eigenvalue weighted by Gasteiger charge is 2.28. The zero-order chi connectivity index (χ0) is 18.4. The molecule has 0 saturated carbocycles. The fraction of sp³-hybridized carbons (Fsp3) is 0.571. The van der Waals surface area contributed by atoms with Gasteiger partial charge in [0.15, 0.2) is 0 Å². The molecule has 2 saturated heterocycles. The Morgan fingerprint density at radius 3 is 2.69 bits per heavy atom. The lowest BCUT2D eigenvalue weighted by atomic mass is 10.2. The Morgan fingerprint density at radius 1 is 1.23 bits per heavy atom. The summed E-state index contributed by atoms with van der Waals surface area (Å²) in [6, 6.07) is 9.96. The van der Waals surface area contributed by atoms with E-state index in [9.17, 15) is 4.79 Å². The Labute approximate surface area is 156 Å². The van der Waals surface area contributed by atoms with Gasteiger partial charge in [-0.05, 0) is 32.3 Å². The van der Waals surface area contributed by atoms with Crippen molar-refractivity contribution in [2.75, 3.05) is 26.2 Å². The van der Waals surface area contributed by atoms with E-state index < -0.39 is 0 Å². The van der Waals surface area contributed by atoms with Gasteiger partial charge in [-0.3, -0.25) is 4.90 Å². The number of ether oxygens (including phenoxy) is 2. The van der Waals surface area contributed by atoms with Crippen LogP contribution in [0.1, 0.15) is 32.3 Å². The van der Waals surface area contributed by atoms with Gasteiger partial charge in [0, 0.05) is 26.2 Å². The lowest BCUT2D eigenvalue weighted by Gasteiger charge is -2.34. The molecule has 0 spiro atoms. The summed E-state index contributed by atoms with van der Waals surface area (Å²) in [7, 11) is 0. The summed E-state index contributed by atoms with van der Waals surface area (Å²) in [6.45, 7) is 8.16. The van der Waals surface area contributed by atoms with Gasteiger partial charge in [0.25, 0.3) is 0 Å². The van der Waals surface area contributed by atoms with E-state index >= 15 is 0 Å². The van der Waals surface area contributed by atoms with Crippen molar-refractivity contribution in [2.45, 2.75) is 51.5 Å². The van der Waals surface area contributed by atoms with Crippen molar-refractivity contribution in [3.05, 3.63) is 48.0 Å². The van der Waals surface area contributed by atoms with E-state index in [1.54, 1.807) is 0 Å². The summed E-state index contributed by atoms with van der Waals surface area (Å²) in [6.07, 6.45) is 6.74. The van der Waals surface area contributed by atoms with Crippen molar-refractivity contribution in [1.29, 1.82) is 0 Å². The van der Waals surface area contributed by atoms with Crippen LogP contribution < -0.4 is 0 Å². The van der Waals surface area contributed by atoms with Crippen LogP contribution in [-0.2, 0) is 16.1 Å². The van der Waals surface area contributed by atoms with Crippen LogP contribution in [0.5, 0.6) is 0 Å². The maximum Gasteiger partial charge on any atom is 0.410 e. The highest BCUT2D eigenvalue weighted by Crippen LogP contribution is 2.20. The van der Waals surface area contributed by atoms with Crippen LogP contribution in [-0.4, -0.2) is 60.3 Å². The molecule has 142 valence electrons. The second-order valence-corrected chi connectivity index (χ2v) is 7.35. The lowest BCUT2D eigenvalue weighted by Crippen LogP contribution is -2.45. The van der Waals surface area contributed by atoms with E-state index in [1.807, 2.05) is 35.2 Å². The first-order chi connectivity index (χ1) is 12.6. The summed E-state index contributed by atoms with van der Waals surface area (Å²) < 4.78 is 11.3. The van der Waals surface area contributed by atoms with E-state index in [-0.39, 0.29) is 24.3 Å². The molecule has 2 fully saturated rings. The van der Waals surface area contributed by atoms with E-state index in [1.165, 1.54) is 0 Å². The average molecular weight is 358 g/mol. The molecule has 0 aromatic heterocycles. The Bertz CT molecular complexity index is 595. The fourth-order valence-electron chi connectivity index (χ4n) is 3.82. The molecule has 1 amide bonds. The summed E-state index contributed by atoms with van der Waals surface area (Å²) in [5.41, 5.74) is 1.02. The quantitative estimate of drug-likeness (QED) is 0.756.